The third-order valence-corrected chi connectivity index (χ3v) is 4.26. The van der Waals surface area contributed by atoms with Gasteiger partial charge >= 0.3 is 0 Å². The zero-order valence-corrected chi connectivity index (χ0v) is 14.4. The molecule has 0 aliphatic heterocycles. The van der Waals surface area contributed by atoms with Crippen LogP contribution in [0.15, 0.2) is 60.9 Å². The van der Waals surface area contributed by atoms with Crippen molar-refractivity contribution in [2.45, 2.75) is 6.92 Å². The number of halogens is 2. The van der Waals surface area contributed by atoms with Crippen LogP contribution < -0.4 is 0 Å². The number of aryl methyl sites for hydroxylation is 1. The molecule has 0 unspecified atom stereocenters. The van der Waals surface area contributed by atoms with E-state index in [1.807, 2.05) is 60.0 Å². The van der Waals surface area contributed by atoms with E-state index in [2.05, 4.69) is 4.98 Å². The van der Waals surface area contributed by atoms with Crippen molar-refractivity contribution in [2.24, 2.45) is 0 Å². The highest BCUT2D eigenvalue weighted by molar-refractivity contribution is 6.68. The summed E-state index contributed by atoms with van der Waals surface area (Å²) in [4.78, 5) is 16.2. The summed E-state index contributed by atoms with van der Waals surface area (Å²) in [6, 6.07) is 15.9. The fourth-order valence-electron chi connectivity index (χ4n) is 2.99. The number of para-hydroxylation sites is 1. The van der Waals surface area contributed by atoms with Crippen LogP contribution >= 0.6 is 24.0 Å². The van der Waals surface area contributed by atoms with Gasteiger partial charge in [-0.2, -0.15) is 0 Å². The summed E-state index contributed by atoms with van der Waals surface area (Å²) < 4.78 is 2.01. The Morgan fingerprint density at radius 2 is 1.88 bits per heavy atom. The third-order valence-electron chi connectivity index (χ3n) is 4.06. The van der Waals surface area contributed by atoms with Crippen LogP contribution in [0.3, 0.4) is 0 Å². The molecule has 4 rings (SSSR count). The molecule has 2 aromatic carbocycles. The number of hydrogen-bond acceptors (Lipinski definition) is 2. The Morgan fingerprint density at radius 3 is 2.67 bits per heavy atom. The molecule has 0 saturated heterocycles. The average Bonchev–Trinajstić information content (AvgIpc) is 2.93. The Balaban J connectivity index is 0.00000169. The molecule has 2 heterocycles. The minimum Gasteiger partial charge on any atom is -0.315 e. The molecule has 0 aliphatic rings. The Bertz CT molecular complexity index is 1060. The van der Waals surface area contributed by atoms with E-state index in [1.165, 1.54) is 0 Å². The van der Waals surface area contributed by atoms with Crippen molar-refractivity contribution in [1.29, 1.82) is 0 Å². The highest BCUT2D eigenvalue weighted by Gasteiger charge is 2.15. The molecule has 0 fully saturated rings. The van der Waals surface area contributed by atoms with Gasteiger partial charge in [0.1, 0.15) is 0 Å². The predicted octanol–water partition coefficient (Wildman–Crippen LogP) is 5.29. The van der Waals surface area contributed by atoms with Gasteiger partial charge in [0.05, 0.1) is 22.3 Å². The maximum Gasteiger partial charge on any atom is 0.254 e. The first kappa shape index (κ1) is 16.5. The van der Waals surface area contributed by atoms with E-state index in [-0.39, 0.29) is 12.4 Å². The minimum atomic E-state index is -0.447. The average molecular weight is 357 g/mol. The number of aromatic nitrogens is 2. The molecule has 0 amide bonds. The summed E-state index contributed by atoms with van der Waals surface area (Å²) in [5, 5.41) is 1.45. The fourth-order valence-corrected chi connectivity index (χ4v) is 3.14. The number of hydrogen-bond donors (Lipinski definition) is 0. The molecule has 0 atom stereocenters. The van der Waals surface area contributed by atoms with Crippen LogP contribution in [0.4, 0.5) is 0 Å². The number of carbonyl (C=O) groups is 1. The summed E-state index contributed by atoms with van der Waals surface area (Å²) in [7, 11) is 0. The van der Waals surface area contributed by atoms with Gasteiger partial charge in [0.25, 0.3) is 5.24 Å². The summed E-state index contributed by atoms with van der Waals surface area (Å²) in [5.74, 6) is 0. The molecule has 2 aromatic heterocycles. The van der Waals surface area contributed by atoms with E-state index < -0.39 is 5.24 Å². The van der Waals surface area contributed by atoms with Crippen molar-refractivity contribution < 1.29 is 4.79 Å². The standard InChI is InChI=1S/C19H13ClN2O.ClH/c1-12-6-7-17-14(10-12)15(19(20)23)11-22(17)18-8-9-21-16-5-3-2-4-13(16)18;/h2-11H,1H3;1H. The van der Waals surface area contributed by atoms with Gasteiger partial charge in [-0.25, -0.2) is 0 Å². The fraction of sp³-hybridized carbons (Fsp3) is 0.0526. The molecule has 3 nitrogen and oxygen atoms in total. The molecule has 0 N–H and O–H groups in total. The number of carbonyl (C=O) groups excluding carboxylic acids is 1. The lowest BCUT2D eigenvalue weighted by Crippen LogP contribution is -1.94. The van der Waals surface area contributed by atoms with Crippen LogP contribution in [0.5, 0.6) is 0 Å². The second-order valence-electron chi connectivity index (χ2n) is 5.55. The summed E-state index contributed by atoms with van der Waals surface area (Å²) in [6.45, 7) is 2.00. The van der Waals surface area contributed by atoms with Gasteiger partial charge in [0, 0.05) is 23.2 Å². The quantitative estimate of drug-likeness (QED) is 0.457. The van der Waals surface area contributed by atoms with Crippen LogP contribution in [-0.2, 0) is 0 Å². The highest BCUT2D eigenvalue weighted by atomic mass is 35.5. The van der Waals surface area contributed by atoms with Crippen molar-refractivity contribution in [1.82, 2.24) is 9.55 Å². The third kappa shape index (κ3) is 2.56. The molecule has 120 valence electrons. The maximum atomic E-state index is 11.8. The molecule has 5 heteroatoms. The summed E-state index contributed by atoms with van der Waals surface area (Å²) in [5.41, 5.74) is 4.46. The first-order valence-corrected chi connectivity index (χ1v) is 7.68. The van der Waals surface area contributed by atoms with E-state index in [0.29, 0.717) is 5.56 Å². The Kier molecular flexibility index (Phi) is 4.31. The van der Waals surface area contributed by atoms with Gasteiger partial charge in [-0.05, 0) is 42.8 Å². The van der Waals surface area contributed by atoms with Gasteiger partial charge in [0.2, 0.25) is 0 Å². The van der Waals surface area contributed by atoms with Gasteiger partial charge in [0.15, 0.2) is 0 Å². The lowest BCUT2D eigenvalue weighted by atomic mass is 10.1. The van der Waals surface area contributed by atoms with Gasteiger partial charge in [-0.3, -0.25) is 9.78 Å². The van der Waals surface area contributed by atoms with Gasteiger partial charge in [-0.15, -0.1) is 12.4 Å². The normalized spacial score (nSPS) is 10.8. The zero-order chi connectivity index (χ0) is 16.0. The molecule has 24 heavy (non-hydrogen) atoms. The number of benzene rings is 2. The lowest BCUT2D eigenvalue weighted by molar-refractivity contribution is 0.108. The summed E-state index contributed by atoms with van der Waals surface area (Å²) in [6.07, 6.45) is 3.58. The van der Waals surface area contributed by atoms with Crippen molar-refractivity contribution in [3.05, 3.63) is 72.1 Å². The molecule has 4 aromatic rings. The van der Waals surface area contributed by atoms with Crippen molar-refractivity contribution in [3.63, 3.8) is 0 Å². The second-order valence-corrected chi connectivity index (χ2v) is 5.90. The first-order valence-electron chi connectivity index (χ1n) is 7.31. The smallest absolute Gasteiger partial charge is 0.254 e. The molecular weight excluding hydrogens is 343 g/mol. The van der Waals surface area contributed by atoms with Gasteiger partial charge < -0.3 is 4.57 Å². The monoisotopic (exact) mass is 356 g/mol. The molecular formula is C19H14Cl2N2O. The Labute approximate surface area is 150 Å². The molecule has 0 bridgehead atoms. The number of nitrogens with zero attached hydrogens (tertiary/aromatic N) is 2. The van der Waals surface area contributed by atoms with E-state index >= 15 is 0 Å². The Morgan fingerprint density at radius 1 is 1.08 bits per heavy atom. The minimum absolute atomic E-state index is 0. The van der Waals surface area contributed by atoms with Crippen LogP contribution in [0, 0.1) is 6.92 Å². The topological polar surface area (TPSA) is 34.9 Å². The molecule has 0 saturated carbocycles. The van der Waals surface area contributed by atoms with Crippen molar-refractivity contribution in [2.75, 3.05) is 0 Å². The predicted molar refractivity (Wildman–Crippen MR) is 101 cm³/mol. The van der Waals surface area contributed by atoms with Crippen LogP contribution in [-0.4, -0.2) is 14.8 Å². The molecule has 0 aliphatic carbocycles. The number of pyridine rings is 1. The van der Waals surface area contributed by atoms with Crippen molar-refractivity contribution in [3.8, 4) is 5.69 Å². The van der Waals surface area contributed by atoms with E-state index in [4.69, 9.17) is 11.6 Å². The second kappa shape index (κ2) is 6.27. The maximum absolute atomic E-state index is 11.8. The SMILES string of the molecule is Cc1ccc2c(c1)c(C(=O)Cl)cn2-c1ccnc2ccccc12.Cl. The van der Waals surface area contributed by atoms with Crippen LogP contribution in [0.25, 0.3) is 27.5 Å². The lowest BCUT2D eigenvalue weighted by Gasteiger charge is -2.09. The van der Waals surface area contributed by atoms with Crippen molar-refractivity contribution >= 4 is 51.1 Å². The molecule has 0 radical (unpaired) electrons. The van der Waals surface area contributed by atoms with Crippen LogP contribution in [0.1, 0.15) is 15.9 Å². The van der Waals surface area contributed by atoms with E-state index in [1.54, 1.807) is 12.4 Å². The number of rotatable bonds is 2. The largest absolute Gasteiger partial charge is 0.315 e. The molecule has 0 spiro atoms. The highest BCUT2D eigenvalue weighted by Crippen LogP contribution is 2.30. The first-order chi connectivity index (χ1) is 11.1. The van der Waals surface area contributed by atoms with E-state index in [0.717, 1.165) is 33.1 Å². The Hall–Kier alpha value is -2.36. The summed E-state index contributed by atoms with van der Waals surface area (Å²) >= 11 is 5.79. The number of fused-ring (bicyclic) bond motifs is 2. The van der Waals surface area contributed by atoms with Crippen LogP contribution in [0.2, 0.25) is 0 Å². The zero-order valence-electron chi connectivity index (χ0n) is 12.9. The van der Waals surface area contributed by atoms with Gasteiger partial charge in [-0.1, -0.05) is 29.8 Å². The van der Waals surface area contributed by atoms with E-state index in [9.17, 15) is 4.79 Å².